The van der Waals surface area contributed by atoms with Crippen molar-refractivity contribution in [1.82, 2.24) is 5.32 Å². The molecule has 2 fully saturated rings. The first-order chi connectivity index (χ1) is 9.60. The van der Waals surface area contributed by atoms with Crippen molar-refractivity contribution in [3.8, 4) is 0 Å². The Labute approximate surface area is 133 Å². The number of halogens is 1. The van der Waals surface area contributed by atoms with Crippen LogP contribution in [0, 0.1) is 9.49 Å². The molecule has 4 heteroatoms. The first-order valence-corrected chi connectivity index (χ1v) is 8.45. The van der Waals surface area contributed by atoms with E-state index in [1.165, 1.54) is 14.7 Å². The molecule has 4 atom stereocenters. The van der Waals surface area contributed by atoms with Crippen LogP contribution < -0.4 is 5.32 Å². The van der Waals surface area contributed by atoms with Crippen molar-refractivity contribution >= 4 is 28.6 Å². The van der Waals surface area contributed by atoms with Gasteiger partial charge in [-0.05, 0) is 65.5 Å². The fourth-order valence-electron chi connectivity index (χ4n) is 3.82. The number of benzene rings is 1. The lowest BCUT2D eigenvalue weighted by molar-refractivity contribution is -0.144. The number of aryl methyl sites for hydroxylation is 1. The topological polar surface area (TPSA) is 49.3 Å². The van der Waals surface area contributed by atoms with Gasteiger partial charge in [0.15, 0.2) is 0 Å². The maximum atomic E-state index is 11.7. The van der Waals surface area contributed by atoms with E-state index in [0.717, 1.165) is 25.7 Å². The van der Waals surface area contributed by atoms with Crippen LogP contribution in [-0.2, 0) is 11.2 Å². The Morgan fingerprint density at radius 1 is 1.45 bits per heavy atom. The van der Waals surface area contributed by atoms with E-state index >= 15 is 0 Å². The van der Waals surface area contributed by atoms with E-state index in [1.807, 2.05) is 0 Å². The third-order valence-corrected chi connectivity index (χ3v) is 5.86. The summed E-state index contributed by atoms with van der Waals surface area (Å²) in [6.07, 6.45) is 4.10. The Morgan fingerprint density at radius 3 is 2.90 bits per heavy atom. The van der Waals surface area contributed by atoms with Crippen LogP contribution in [-0.4, -0.2) is 23.2 Å². The molecular formula is C16H20INO2. The average molecular weight is 385 g/mol. The van der Waals surface area contributed by atoms with Crippen molar-refractivity contribution in [1.29, 1.82) is 0 Å². The molecule has 2 bridgehead atoms. The standard InChI is InChI=1S/C16H20INO2/c1-2-9-3-4-10(7-13(9)17)12-8-11-5-6-14(18-11)15(12)16(19)20/h3-4,7,11-12,14-15,18H,2,5-6,8H2,1H3,(H,19,20)/t11-,12+,14+,15-/m0/s1. The summed E-state index contributed by atoms with van der Waals surface area (Å²) in [6.45, 7) is 2.15. The average Bonchev–Trinajstić information content (AvgIpc) is 2.79. The van der Waals surface area contributed by atoms with Crippen LogP contribution in [0.1, 0.15) is 43.2 Å². The molecule has 3 nitrogen and oxygen atoms in total. The highest BCUT2D eigenvalue weighted by atomic mass is 127. The molecule has 2 aliphatic heterocycles. The van der Waals surface area contributed by atoms with E-state index in [2.05, 4.69) is 53.0 Å². The van der Waals surface area contributed by atoms with Gasteiger partial charge in [0.1, 0.15) is 0 Å². The summed E-state index contributed by atoms with van der Waals surface area (Å²) in [5.41, 5.74) is 2.55. The number of carboxylic acid groups (broad SMARTS) is 1. The number of carbonyl (C=O) groups is 1. The molecule has 0 saturated carbocycles. The van der Waals surface area contributed by atoms with E-state index in [-0.39, 0.29) is 17.9 Å². The molecular weight excluding hydrogens is 365 g/mol. The summed E-state index contributed by atoms with van der Waals surface area (Å²) in [7, 11) is 0. The minimum atomic E-state index is -0.651. The fraction of sp³-hybridized carbons (Fsp3) is 0.562. The Bertz CT molecular complexity index is 531. The summed E-state index contributed by atoms with van der Waals surface area (Å²) in [6, 6.07) is 7.17. The molecule has 0 amide bonds. The Balaban J connectivity index is 1.94. The number of nitrogens with one attached hydrogen (secondary N) is 1. The van der Waals surface area contributed by atoms with Gasteiger partial charge < -0.3 is 10.4 Å². The van der Waals surface area contributed by atoms with Gasteiger partial charge in [0.2, 0.25) is 0 Å². The lowest BCUT2D eigenvalue weighted by Crippen LogP contribution is -2.47. The third kappa shape index (κ3) is 2.48. The van der Waals surface area contributed by atoms with Gasteiger partial charge in [0, 0.05) is 21.6 Å². The van der Waals surface area contributed by atoms with Crippen LogP contribution in [0.4, 0.5) is 0 Å². The molecule has 0 radical (unpaired) electrons. The van der Waals surface area contributed by atoms with E-state index in [9.17, 15) is 9.90 Å². The van der Waals surface area contributed by atoms with Crippen LogP contribution in [0.25, 0.3) is 0 Å². The maximum absolute atomic E-state index is 11.7. The number of fused-ring (bicyclic) bond motifs is 2. The number of piperidine rings is 1. The summed E-state index contributed by atoms with van der Waals surface area (Å²) in [5.74, 6) is -0.773. The van der Waals surface area contributed by atoms with Crippen LogP contribution in [0.3, 0.4) is 0 Å². The van der Waals surface area contributed by atoms with E-state index in [0.29, 0.717) is 6.04 Å². The molecule has 20 heavy (non-hydrogen) atoms. The molecule has 1 aromatic carbocycles. The number of hydrogen-bond acceptors (Lipinski definition) is 2. The maximum Gasteiger partial charge on any atom is 0.308 e. The Kier molecular flexibility index (Phi) is 4.04. The first kappa shape index (κ1) is 14.3. The highest BCUT2D eigenvalue weighted by Gasteiger charge is 2.45. The number of rotatable bonds is 3. The van der Waals surface area contributed by atoms with Gasteiger partial charge in [-0.1, -0.05) is 19.1 Å². The minimum Gasteiger partial charge on any atom is -0.481 e. The zero-order valence-electron chi connectivity index (χ0n) is 11.6. The van der Waals surface area contributed by atoms with Gasteiger partial charge in [-0.15, -0.1) is 0 Å². The van der Waals surface area contributed by atoms with Crippen molar-refractivity contribution in [2.24, 2.45) is 5.92 Å². The van der Waals surface area contributed by atoms with Crippen molar-refractivity contribution in [3.05, 3.63) is 32.9 Å². The summed E-state index contributed by atoms with van der Waals surface area (Å²) in [4.78, 5) is 11.7. The molecule has 108 valence electrons. The van der Waals surface area contributed by atoms with Gasteiger partial charge in [0.25, 0.3) is 0 Å². The Morgan fingerprint density at radius 2 is 2.25 bits per heavy atom. The predicted molar refractivity (Wildman–Crippen MR) is 87.0 cm³/mol. The minimum absolute atomic E-state index is 0.153. The second-order valence-electron chi connectivity index (χ2n) is 5.96. The number of aliphatic carboxylic acids is 1. The van der Waals surface area contributed by atoms with Crippen molar-refractivity contribution in [2.75, 3.05) is 0 Å². The lowest BCUT2D eigenvalue weighted by atomic mass is 9.77. The van der Waals surface area contributed by atoms with Crippen LogP contribution in [0.15, 0.2) is 18.2 Å². The molecule has 2 N–H and O–H groups in total. The second kappa shape index (κ2) is 5.64. The molecule has 2 saturated heterocycles. The molecule has 0 aromatic heterocycles. The normalized spacial score (nSPS) is 32.3. The van der Waals surface area contributed by atoms with Crippen LogP contribution in [0.2, 0.25) is 0 Å². The van der Waals surface area contributed by atoms with Crippen molar-refractivity contribution in [3.63, 3.8) is 0 Å². The molecule has 2 heterocycles. The van der Waals surface area contributed by atoms with E-state index in [4.69, 9.17) is 0 Å². The van der Waals surface area contributed by atoms with Gasteiger partial charge in [-0.25, -0.2) is 0 Å². The van der Waals surface area contributed by atoms with Gasteiger partial charge >= 0.3 is 5.97 Å². The van der Waals surface area contributed by atoms with Crippen molar-refractivity contribution < 1.29 is 9.90 Å². The summed E-state index contributed by atoms with van der Waals surface area (Å²) in [5, 5.41) is 13.1. The highest BCUT2D eigenvalue weighted by molar-refractivity contribution is 14.1. The Hall–Kier alpha value is -0.620. The molecule has 0 unspecified atom stereocenters. The van der Waals surface area contributed by atoms with Gasteiger partial charge in [0.05, 0.1) is 5.92 Å². The van der Waals surface area contributed by atoms with Crippen LogP contribution in [0.5, 0.6) is 0 Å². The molecule has 0 aliphatic carbocycles. The SMILES string of the molecule is CCc1ccc([C@H]2C[C@@H]3CC[C@@H](N3)[C@H]2C(=O)O)cc1I. The van der Waals surface area contributed by atoms with Gasteiger partial charge in [-0.3, -0.25) is 4.79 Å². The zero-order chi connectivity index (χ0) is 14.3. The first-order valence-electron chi connectivity index (χ1n) is 7.37. The molecule has 2 aliphatic rings. The number of carboxylic acids is 1. The molecule has 3 rings (SSSR count). The van der Waals surface area contributed by atoms with Crippen LogP contribution >= 0.6 is 22.6 Å². The quantitative estimate of drug-likeness (QED) is 0.786. The summed E-state index contributed by atoms with van der Waals surface area (Å²) >= 11 is 2.37. The van der Waals surface area contributed by atoms with E-state index in [1.54, 1.807) is 0 Å². The summed E-state index contributed by atoms with van der Waals surface area (Å²) < 4.78 is 1.26. The van der Waals surface area contributed by atoms with E-state index < -0.39 is 5.97 Å². The third-order valence-electron chi connectivity index (χ3n) is 4.85. The van der Waals surface area contributed by atoms with Gasteiger partial charge in [-0.2, -0.15) is 0 Å². The molecule has 0 spiro atoms. The smallest absolute Gasteiger partial charge is 0.308 e. The predicted octanol–water partition coefficient (Wildman–Crippen LogP) is 3.16. The monoisotopic (exact) mass is 385 g/mol. The lowest BCUT2D eigenvalue weighted by Gasteiger charge is -2.35. The molecule has 1 aromatic rings. The second-order valence-corrected chi connectivity index (χ2v) is 7.12. The largest absolute Gasteiger partial charge is 0.481 e. The van der Waals surface area contributed by atoms with Crippen molar-refractivity contribution in [2.45, 2.75) is 50.6 Å². The highest BCUT2D eigenvalue weighted by Crippen LogP contribution is 2.42. The number of hydrogen-bond donors (Lipinski definition) is 2. The fourth-order valence-corrected chi connectivity index (χ4v) is 4.74. The zero-order valence-corrected chi connectivity index (χ0v) is 13.8.